The van der Waals surface area contributed by atoms with E-state index in [-0.39, 0.29) is 5.91 Å². The lowest BCUT2D eigenvalue weighted by molar-refractivity contribution is -0.155. The number of nitrogens with two attached hydrogens (primary N) is 1. The van der Waals surface area contributed by atoms with Crippen LogP contribution in [0.2, 0.25) is 0 Å². The van der Waals surface area contributed by atoms with Crippen LogP contribution in [0.1, 0.15) is 27.2 Å². The first kappa shape index (κ1) is 12.9. The fraction of sp³-hybridized carbons (Fsp3) is 0.778. The normalized spacial score (nSPS) is 13.5. The van der Waals surface area contributed by atoms with Crippen molar-refractivity contribution < 1.29 is 14.7 Å². The Kier molecular flexibility index (Phi) is 4.07. The second-order valence-corrected chi connectivity index (χ2v) is 3.78. The van der Waals surface area contributed by atoms with Gasteiger partial charge in [-0.25, -0.2) is 4.79 Å². The van der Waals surface area contributed by atoms with Gasteiger partial charge in [0.1, 0.15) is 5.54 Å². The molecule has 1 amide bonds. The van der Waals surface area contributed by atoms with Crippen molar-refractivity contribution in [1.29, 1.82) is 0 Å². The van der Waals surface area contributed by atoms with E-state index < -0.39 is 17.6 Å². The molecule has 5 heteroatoms. The van der Waals surface area contributed by atoms with Gasteiger partial charge in [-0.05, 0) is 20.3 Å². The van der Waals surface area contributed by atoms with E-state index in [1.54, 1.807) is 6.92 Å². The fourth-order valence-electron chi connectivity index (χ4n) is 0.842. The smallest absolute Gasteiger partial charge is 0.329 e. The second-order valence-electron chi connectivity index (χ2n) is 3.78. The van der Waals surface area contributed by atoms with Crippen LogP contribution in [0.4, 0.5) is 0 Å². The van der Waals surface area contributed by atoms with Gasteiger partial charge in [0.05, 0.1) is 6.04 Å². The van der Waals surface area contributed by atoms with Crippen LogP contribution < -0.4 is 5.73 Å². The van der Waals surface area contributed by atoms with Crippen molar-refractivity contribution in [3.63, 3.8) is 0 Å². The molecular weight excluding hydrogens is 184 g/mol. The van der Waals surface area contributed by atoms with Crippen LogP contribution in [-0.4, -0.2) is 40.5 Å². The lowest BCUT2D eigenvalue weighted by Crippen LogP contribution is -2.55. The zero-order valence-electron chi connectivity index (χ0n) is 9.07. The molecule has 0 aromatic rings. The van der Waals surface area contributed by atoms with Crippen LogP contribution >= 0.6 is 0 Å². The minimum atomic E-state index is -1.22. The fourth-order valence-corrected chi connectivity index (χ4v) is 0.842. The largest absolute Gasteiger partial charge is 0.480 e. The molecule has 14 heavy (non-hydrogen) atoms. The van der Waals surface area contributed by atoms with Gasteiger partial charge in [-0.3, -0.25) is 4.79 Å². The third-order valence-corrected chi connectivity index (χ3v) is 2.45. The molecule has 0 fully saturated rings. The van der Waals surface area contributed by atoms with E-state index in [4.69, 9.17) is 10.8 Å². The number of likely N-dealkylation sites (N-methyl/N-ethyl adjacent to an activating group) is 1. The van der Waals surface area contributed by atoms with Gasteiger partial charge in [-0.15, -0.1) is 0 Å². The zero-order chi connectivity index (χ0) is 11.5. The number of carboxylic acid groups (broad SMARTS) is 1. The molecule has 3 N–H and O–H groups in total. The molecule has 0 heterocycles. The van der Waals surface area contributed by atoms with Crippen molar-refractivity contribution in [3.05, 3.63) is 0 Å². The minimum Gasteiger partial charge on any atom is -0.480 e. The number of aliphatic carboxylic acids is 1. The van der Waals surface area contributed by atoms with Crippen molar-refractivity contribution in [1.82, 2.24) is 4.90 Å². The molecule has 82 valence electrons. The number of amides is 1. The summed E-state index contributed by atoms with van der Waals surface area (Å²) in [5.41, 5.74) is 4.31. The molecule has 1 unspecified atom stereocenters. The summed E-state index contributed by atoms with van der Waals surface area (Å²) >= 11 is 0. The van der Waals surface area contributed by atoms with Gasteiger partial charge in [0.25, 0.3) is 0 Å². The highest BCUT2D eigenvalue weighted by Gasteiger charge is 2.36. The maximum Gasteiger partial charge on any atom is 0.329 e. The Morgan fingerprint density at radius 1 is 1.50 bits per heavy atom. The third-order valence-electron chi connectivity index (χ3n) is 2.45. The monoisotopic (exact) mass is 202 g/mol. The van der Waals surface area contributed by atoms with Gasteiger partial charge in [0.15, 0.2) is 0 Å². The predicted molar refractivity (Wildman–Crippen MR) is 52.8 cm³/mol. The summed E-state index contributed by atoms with van der Waals surface area (Å²) in [6.45, 7) is 4.72. The van der Waals surface area contributed by atoms with Crippen LogP contribution in [0.15, 0.2) is 0 Å². The van der Waals surface area contributed by atoms with Crippen molar-refractivity contribution in [3.8, 4) is 0 Å². The number of carboxylic acids is 1. The third kappa shape index (κ3) is 2.45. The molecule has 0 aromatic carbocycles. The van der Waals surface area contributed by atoms with E-state index in [0.717, 1.165) is 0 Å². The Bertz CT molecular complexity index is 238. The average Bonchev–Trinajstić information content (AvgIpc) is 2.13. The molecule has 1 atom stereocenters. The number of carbonyl (C=O) groups is 2. The Balaban J connectivity index is 4.69. The highest BCUT2D eigenvalue weighted by atomic mass is 16.4. The number of carbonyl (C=O) groups excluding carboxylic acids is 1. The highest BCUT2D eigenvalue weighted by Crippen LogP contribution is 2.13. The maximum atomic E-state index is 11.6. The number of hydrogen-bond donors (Lipinski definition) is 2. The molecule has 0 rings (SSSR count). The van der Waals surface area contributed by atoms with E-state index in [2.05, 4.69) is 0 Å². The van der Waals surface area contributed by atoms with Crippen molar-refractivity contribution in [2.45, 2.75) is 38.8 Å². The van der Waals surface area contributed by atoms with E-state index in [1.807, 2.05) is 0 Å². The summed E-state index contributed by atoms with van der Waals surface area (Å²) in [6.07, 6.45) is 0.499. The van der Waals surface area contributed by atoms with Gasteiger partial charge in [0.2, 0.25) is 5.91 Å². The molecule has 0 aromatic heterocycles. The van der Waals surface area contributed by atoms with Gasteiger partial charge in [-0.1, -0.05) is 6.92 Å². The van der Waals surface area contributed by atoms with Gasteiger partial charge >= 0.3 is 5.97 Å². The zero-order valence-corrected chi connectivity index (χ0v) is 9.07. The van der Waals surface area contributed by atoms with Gasteiger partial charge in [0, 0.05) is 7.05 Å². The summed E-state index contributed by atoms with van der Waals surface area (Å²) < 4.78 is 0. The highest BCUT2D eigenvalue weighted by molar-refractivity contribution is 5.88. The number of nitrogens with zero attached hydrogens (tertiary/aromatic N) is 1. The van der Waals surface area contributed by atoms with Crippen LogP contribution in [0.5, 0.6) is 0 Å². The summed E-state index contributed by atoms with van der Waals surface area (Å²) in [5, 5.41) is 8.88. The van der Waals surface area contributed by atoms with Gasteiger partial charge < -0.3 is 15.7 Å². The van der Waals surface area contributed by atoms with Crippen LogP contribution in [-0.2, 0) is 9.59 Å². The lowest BCUT2D eigenvalue weighted by atomic mass is 10.0. The average molecular weight is 202 g/mol. The van der Waals surface area contributed by atoms with Crippen LogP contribution in [0, 0.1) is 0 Å². The Morgan fingerprint density at radius 3 is 2.21 bits per heavy atom. The molecule has 0 bridgehead atoms. The number of rotatable bonds is 4. The topological polar surface area (TPSA) is 83.6 Å². The quantitative estimate of drug-likeness (QED) is 0.674. The Morgan fingerprint density at radius 2 is 1.93 bits per heavy atom. The first-order valence-corrected chi connectivity index (χ1v) is 4.51. The molecule has 0 saturated carbocycles. The molecule has 0 radical (unpaired) electrons. The van der Waals surface area contributed by atoms with Crippen LogP contribution in [0.3, 0.4) is 0 Å². The van der Waals surface area contributed by atoms with Crippen molar-refractivity contribution in [2.75, 3.05) is 7.05 Å². The Hall–Kier alpha value is -1.10. The standard InChI is InChI=1S/C9H18N2O3/c1-5-6(10)7(12)11(4)9(2,3)8(13)14/h6H,5,10H2,1-4H3,(H,13,14). The van der Waals surface area contributed by atoms with E-state index in [9.17, 15) is 9.59 Å². The first-order valence-electron chi connectivity index (χ1n) is 4.51. The molecule has 0 aliphatic rings. The minimum absolute atomic E-state index is 0.347. The second kappa shape index (κ2) is 4.41. The molecular formula is C9H18N2O3. The predicted octanol–water partition coefficient (Wildman–Crippen LogP) is 0.0453. The van der Waals surface area contributed by atoms with E-state index in [0.29, 0.717) is 6.42 Å². The SMILES string of the molecule is CCC(N)C(=O)N(C)C(C)(C)C(=O)O. The summed E-state index contributed by atoms with van der Waals surface area (Å²) in [7, 11) is 1.45. The Labute approximate surface area is 83.9 Å². The van der Waals surface area contributed by atoms with Gasteiger partial charge in [-0.2, -0.15) is 0 Å². The first-order chi connectivity index (χ1) is 6.25. The number of hydrogen-bond acceptors (Lipinski definition) is 3. The molecule has 0 saturated heterocycles. The van der Waals surface area contributed by atoms with E-state index in [1.165, 1.54) is 25.8 Å². The van der Waals surface area contributed by atoms with E-state index >= 15 is 0 Å². The summed E-state index contributed by atoms with van der Waals surface area (Å²) in [6, 6.07) is -0.626. The van der Waals surface area contributed by atoms with Crippen molar-refractivity contribution in [2.24, 2.45) is 5.73 Å². The van der Waals surface area contributed by atoms with Crippen LogP contribution in [0.25, 0.3) is 0 Å². The molecule has 0 spiro atoms. The summed E-state index contributed by atoms with van der Waals surface area (Å²) in [5.74, 6) is -1.39. The molecule has 0 aliphatic carbocycles. The molecule has 0 aliphatic heterocycles. The molecule has 5 nitrogen and oxygen atoms in total. The lowest BCUT2D eigenvalue weighted by Gasteiger charge is -2.33. The summed E-state index contributed by atoms with van der Waals surface area (Å²) in [4.78, 5) is 23.6. The maximum absolute atomic E-state index is 11.6. The van der Waals surface area contributed by atoms with Crippen molar-refractivity contribution >= 4 is 11.9 Å².